The van der Waals surface area contributed by atoms with E-state index in [1.54, 1.807) is 30.8 Å². The molecule has 0 aromatic carbocycles. The quantitative estimate of drug-likeness (QED) is 0.625. The van der Waals surface area contributed by atoms with Gasteiger partial charge < -0.3 is 10.0 Å². The van der Waals surface area contributed by atoms with E-state index in [1.165, 1.54) is 0 Å². The predicted molar refractivity (Wildman–Crippen MR) is 61.0 cm³/mol. The fourth-order valence-electron chi connectivity index (χ4n) is 0.883. The SMILES string of the molecule is CN(C)CCSC[C@@H](C(=O)O)N(C)C. The molecule has 0 unspecified atom stereocenters. The van der Waals surface area contributed by atoms with E-state index < -0.39 is 5.97 Å². The molecule has 0 spiro atoms. The van der Waals surface area contributed by atoms with Gasteiger partial charge >= 0.3 is 5.97 Å². The molecule has 4 nitrogen and oxygen atoms in total. The van der Waals surface area contributed by atoms with Crippen LogP contribution in [-0.2, 0) is 4.79 Å². The Morgan fingerprint density at radius 3 is 2.29 bits per heavy atom. The number of hydrogen-bond donors (Lipinski definition) is 1. The summed E-state index contributed by atoms with van der Waals surface area (Å²) in [6, 6.07) is -0.373. The van der Waals surface area contributed by atoms with Crippen LogP contribution in [0.15, 0.2) is 0 Å². The van der Waals surface area contributed by atoms with Crippen LogP contribution in [0.5, 0.6) is 0 Å². The summed E-state index contributed by atoms with van der Waals surface area (Å²) in [5.74, 6) is 0.883. The number of carboxylic acid groups (broad SMARTS) is 1. The van der Waals surface area contributed by atoms with E-state index in [-0.39, 0.29) is 6.04 Å². The number of nitrogens with zero attached hydrogens (tertiary/aromatic N) is 2. The van der Waals surface area contributed by atoms with Crippen molar-refractivity contribution < 1.29 is 9.90 Å². The van der Waals surface area contributed by atoms with Crippen LogP contribution in [0.3, 0.4) is 0 Å². The molecular formula is C9H20N2O2S. The minimum atomic E-state index is -0.743. The molecule has 0 aromatic heterocycles. The Balaban J connectivity index is 3.67. The number of likely N-dealkylation sites (N-methyl/N-ethyl adjacent to an activating group) is 1. The lowest BCUT2D eigenvalue weighted by atomic mass is 10.3. The molecule has 0 saturated heterocycles. The van der Waals surface area contributed by atoms with Gasteiger partial charge in [0.05, 0.1) is 0 Å². The van der Waals surface area contributed by atoms with Gasteiger partial charge in [-0.15, -0.1) is 0 Å². The third-order valence-corrected chi connectivity index (χ3v) is 2.89. The highest BCUT2D eigenvalue weighted by Crippen LogP contribution is 2.06. The van der Waals surface area contributed by atoms with Gasteiger partial charge in [0.1, 0.15) is 6.04 Å². The Hall–Kier alpha value is -0.260. The Morgan fingerprint density at radius 2 is 1.93 bits per heavy atom. The molecule has 0 heterocycles. The summed E-state index contributed by atoms with van der Waals surface area (Å²) in [5, 5.41) is 8.89. The topological polar surface area (TPSA) is 43.8 Å². The van der Waals surface area contributed by atoms with Gasteiger partial charge in [-0.1, -0.05) is 0 Å². The van der Waals surface area contributed by atoms with Crippen molar-refractivity contribution in [3.8, 4) is 0 Å². The number of aliphatic carboxylic acids is 1. The van der Waals surface area contributed by atoms with E-state index in [1.807, 2.05) is 14.1 Å². The number of carboxylic acids is 1. The zero-order valence-electron chi connectivity index (χ0n) is 9.36. The standard InChI is InChI=1S/C9H20N2O2S/c1-10(2)5-6-14-7-8(9(12)13)11(3)4/h8H,5-7H2,1-4H3,(H,12,13)/t8-/m0/s1. The number of rotatable bonds is 7. The molecule has 0 rings (SSSR count). The fraction of sp³-hybridized carbons (Fsp3) is 0.889. The van der Waals surface area contributed by atoms with Gasteiger partial charge in [-0.25, -0.2) is 0 Å². The van der Waals surface area contributed by atoms with Crippen molar-refractivity contribution in [2.45, 2.75) is 6.04 Å². The maximum absolute atomic E-state index is 10.8. The van der Waals surface area contributed by atoms with E-state index >= 15 is 0 Å². The second-order valence-corrected chi connectivity index (χ2v) is 4.85. The van der Waals surface area contributed by atoms with Crippen molar-refractivity contribution in [3.63, 3.8) is 0 Å². The molecule has 0 bridgehead atoms. The molecule has 0 amide bonds. The lowest BCUT2D eigenvalue weighted by Crippen LogP contribution is -2.38. The highest BCUT2D eigenvalue weighted by atomic mass is 32.2. The Bertz CT molecular complexity index is 174. The predicted octanol–water partition coefficient (Wildman–Crippen LogP) is 0.296. The molecule has 5 heteroatoms. The van der Waals surface area contributed by atoms with Gasteiger partial charge in [-0.3, -0.25) is 9.69 Å². The smallest absolute Gasteiger partial charge is 0.321 e. The first kappa shape index (κ1) is 13.7. The van der Waals surface area contributed by atoms with Crippen LogP contribution in [0.1, 0.15) is 0 Å². The molecule has 14 heavy (non-hydrogen) atoms. The first-order valence-corrected chi connectivity index (χ1v) is 5.72. The molecule has 0 radical (unpaired) electrons. The van der Waals surface area contributed by atoms with Gasteiger partial charge in [0.15, 0.2) is 0 Å². The Kier molecular flexibility index (Phi) is 6.96. The maximum Gasteiger partial charge on any atom is 0.321 e. The lowest BCUT2D eigenvalue weighted by Gasteiger charge is -2.19. The molecule has 0 fully saturated rings. The summed E-state index contributed by atoms with van der Waals surface area (Å²) < 4.78 is 0. The highest BCUT2D eigenvalue weighted by molar-refractivity contribution is 7.99. The van der Waals surface area contributed by atoms with Crippen molar-refractivity contribution in [3.05, 3.63) is 0 Å². The molecule has 1 atom stereocenters. The van der Waals surface area contributed by atoms with E-state index in [2.05, 4.69) is 4.90 Å². The van der Waals surface area contributed by atoms with Crippen LogP contribution in [0, 0.1) is 0 Å². The summed E-state index contributed by atoms with van der Waals surface area (Å²) in [5.41, 5.74) is 0. The summed E-state index contributed by atoms with van der Waals surface area (Å²) in [7, 11) is 7.62. The van der Waals surface area contributed by atoms with Crippen molar-refractivity contribution in [1.82, 2.24) is 9.80 Å². The molecular weight excluding hydrogens is 200 g/mol. The average molecular weight is 220 g/mol. The number of thioether (sulfide) groups is 1. The van der Waals surface area contributed by atoms with E-state index in [4.69, 9.17) is 5.11 Å². The van der Waals surface area contributed by atoms with Crippen LogP contribution >= 0.6 is 11.8 Å². The second-order valence-electron chi connectivity index (χ2n) is 3.70. The third-order valence-electron chi connectivity index (χ3n) is 1.87. The van der Waals surface area contributed by atoms with Gasteiger partial charge in [0, 0.05) is 18.1 Å². The lowest BCUT2D eigenvalue weighted by molar-refractivity contribution is -0.141. The summed E-state index contributed by atoms with van der Waals surface area (Å²) in [4.78, 5) is 14.6. The van der Waals surface area contributed by atoms with Crippen molar-refractivity contribution in [2.75, 3.05) is 46.2 Å². The molecule has 0 aliphatic carbocycles. The van der Waals surface area contributed by atoms with Crippen LogP contribution < -0.4 is 0 Å². The van der Waals surface area contributed by atoms with Gasteiger partial charge in [0.25, 0.3) is 0 Å². The summed E-state index contributed by atoms with van der Waals surface area (Å²) >= 11 is 1.68. The monoisotopic (exact) mass is 220 g/mol. The zero-order chi connectivity index (χ0) is 11.1. The Morgan fingerprint density at radius 1 is 1.36 bits per heavy atom. The van der Waals surface area contributed by atoms with Gasteiger partial charge in [-0.2, -0.15) is 11.8 Å². The highest BCUT2D eigenvalue weighted by Gasteiger charge is 2.19. The van der Waals surface area contributed by atoms with Gasteiger partial charge in [-0.05, 0) is 28.2 Å². The van der Waals surface area contributed by atoms with Crippen LogP contribution in [0.25, 0.3) is 0 Å². The second kappa shape index (κ2) is 7.09. The first-order valence-electron chi connectivity index (χ1n) is 4.57. The van der Waals surface area contributed by atoms with Crippen molar-refractivity contribution in [2.24, 2.45) is 0 Å². The normalized spacial score (nSPS) is 13.6. The van der Waals surface area contributed by atoms with Gasteiger partial charge in [0.2, 0.25) is 0 Å². The van der Waals surface area contributed by atoms with Crippen LogP contribution in [0.2, 0.25) is 0 Å². The molecule has 84 valence electrons. The van der Waals surface area contributed by atoms with Crippen molar-refractivity contribution in [1.29, 1.82) is 0 Å². The average Bonchev–Trinajstić information content (AvgIpc) is 2.01. The summed E-state index contributed by atoms with van der Waals surface area (Å²) in [6.45, 7) is 0.991. The Labute approximate surface area is 90.3 Å². The molecule has 0 aliphatic rings. The number of carbonyl (C=O) groups is 1. The number of hydrogen-bond acceptors (Lipinski definition) is 4. The van der Waals surface area contributed by atoms with E-state index in [9.17, 15) is 4.79 Å². The zero-order valence-corrected chi connectivity index (χ0v) is 10.2. The maximum atomic E-state index is 10.8. The fourth-order valence-corrected chi connectivity index (χ4v) is 2.21. The van der Waals surface area contributed by atoms with Crippen LogP contribution in [-0.4, -0.2) is 73.2 Å². The molecule has 1 N–H and O–H groups in total. The largest absolute Gasteiger partial charge is 0.480 e. The molecule has 0 aliphatic heterocycles. The van der Waals surface area contributed by atoms with Crippen LogP contribution in [0.4, 0.5) is 0 Å². The third kappa shape index (κ3) is 6.23. The van der Waals surface area contributed by atoms with E-state index in [0.717, 1.165) is 12.3 Å². The van der Waals surface area contributed by atoms with E-state index in [0.29, 0.717) is 5.75 Å². The van der Waals surface area contributed by atoms with Crippen molar-refractivity contribution >= 4 is 17.7 Å². The molecule has 0 aromatic rings. The minimum Gasteiger partial charge on any atom is -0.480 e. The molecule has 0 saturated carbocycles. The minimum absolute atomic E-state index is 0.373. The first-order chi connectivity index (χ1) is 6.45. The summed E-state index contributed by atoms with van der Waals surface area (Å²) in [6.07, 6.45) is 0.